The molecule has 0 aliphatic heterocycles. The minimum absolute atomic E-state index is 0.117. The van der Waals surface area contributed by atoms with E-state index in [1.54, 1.807) is 12.1 Å². The predicted octanol–water partition coefficient (Wildman–Crippen LogP) is 3.20. The predicted molar refractivity (Wildman–Crippen MR) is 92.7 cm³/mol. The first-order chi connectivity index (χ1) is 12.0. The monoisotopic (exact) mass is 384 g/mol. The maximum Gasteiger partial charge on any atom is 0.342 e. The lowest BCUT2D eigenvalue weighted by molar-refractivity contribution is -0.119. The summed E-state index contributed by atoms with van der Waals surface area (Å²) >= 11 is 11.6. The molecule has 0 saturated carbocycles. The van der Waals surface area contributed by atoms with Crippen molar-refractivity contribution < 1.29 is 23.8 Å². The largest absolute Gasteiger partial charge is 0.493 e. The van der Waals surface area contributed by atoms with E-state index in [1.165, 1.54) is 32.5 Å². The molecular formula is C16H14Cl2N2O5. The number of anilines is 1. The van der Waals surface area contributed by atoms with E-state index < -0.39 is 18.5 Å². The van der Waals surface area contributed by atoms with E-state index in [4.69, 9.17) is 37.4 Å². The van der Waals surface area contributed by atoms with Crippen LogP contribution in [-0.2, 0) is 9.53 Å². The van der Waals surface area contributed by atoms with E-state index in [0.29, 0.717) is 10.8 Å². The fourth-order valence-electron chi connectivity index (χ4n) is 1.93. The van der Waals surface area contributed by atoms with Crippen LogP contribution in [0.4, 0.5) is 5.82 Å². The van der Waals surface area contributed by atoms with Gasteiger partial charge in [0.05, 0.1) is 24.3 Å². The van der Waals surface area contributed by atoms with Crippen molar-refractivity contribution in [2.45, 2.75) is 0 Å². The van der Waals surface area contributed by atoms with Crippen LogP contribution in [0.2, 0.25) is 10.0 Å². The van der Waals surface area contributed by atoms with Gasteiger partial charge >= 0.3 is 5.97 Å². The number of para-hydroxylation sites is 1. The van der Waals surface area contributed by atoms with E-state index in [9.17, 15) is 9.59 Å². The number of nitrogens with one attached hydrogen (secondary N) is 1. The molecule has 9 heteroatoms. The van der Waals surface area contributed by atoms with Gasteiger partial charge in [-0.2, -0.15) is 0 Å². The van der Waals surface area contributed by atoms with Crippen LogP contribution in [-0.4, -0.2) is 37.7 Å². The van der Waals surface area contributed by atoms with Gasteiger partial charge in [0.2, 0.25) is 0 Å². The number of nitrogens with zero attached hydrogens (tertiary/aromatic N) is 1. The molecule has 0 fully saturated rings. The first-order valence-corrected chi connectivity index (χ1v) is 7.71. The Kier molecular flexibility index (Phi) is 6.44. The lowest BCUT2D eigenvalue weighted by Crippen LogP contribution is -2.22. The standard InChI is InChI=1S/C16H14Cl2N2O5/c1-23-12-5-3-4-10(14(12)24-2)16(22)25-8-13(21)20-15-11(18)6-9(17)7-19-15/h3-7H,8H2,1-2H3,(H,19,20,21). The summed E-state index contributed by atoms with van der Waals surface area (Å²) in [4.78, 5) is 27.9. The number of amides is 1. The van der Waals surface area contributed by atoms with E-state index in [1.807, 2.05) is 0 Å². The molecule has 0 aliphatic rings. The summed E-state index contributed by atoms with van der Waals surface area (Å²) in [5.74, 6) is -0.629. The second-order valence-corrected chi connectivity index (χ2v) is 5.49. The Morgan fingerprint density at radius 1 is 1.20 bits per heavy atom. The molecule has 0 spiro atoms. The highest BCUT2D eigenvalue weighted by molar-refractivity contribution is 6.36. The van der Waals surface area contributed by atoms with Gasteiger partial charge in [0, 0.05) is 6.20 Å². The number of benzene rings is 1. The molecule has 2 aromatic rings. The number of rotatable bonds is 6. The van der Waals surface area contributed by atoms with Crippen LogP contribution in [0.25, 0.3) is 0 Å². The van der Waals surface area contributed by atoms with Crippen molar-refractivity contribution in [1.29, 1.82) is 0 Å². The third kappa shape index (κ3) is 4.74. The van der Waals surface area contributed by atoms with Crippen molar-refractivity contribution in [2.75, 3.05) is 26.1 Å². The van der Waals surface area contributed by atoms with Crippen LogP contribution in [0.3, 0.4) is 0 Å². The number of carbonyl (C=O) groups excluding carboxylic acids is 2. The number of halogens is 2. The maximum atomic E-state index is 12.2. The molecule has 0 saturated heterocycles. The number of hydrogen-bond acceptors (Lipinski definition) is 6. The second-order valence-electron chi connectivity index (χ2n) is 4.65. The van der Waals surface area contributed by atoms with E-state index in [2.05, 4.69) is 10.3 Å². The fraction of sp³-hybridized carbons (Fsp3) is 0.188. The second kappa shape index (κ2) is 8.55. The highest BCUT2D eigenvalue weighted by Gasteiger charge is 2.19. The molecule has 0 unspecified atom stereocenters. The minimum Gasteiger partial charge on any atom is -0.493 e. The van der Waals surface area contributed by atoms with Crippen LogP contribution in [0.15, 0.2) is 30.5 Å². The topological polar surface area (TPSA) is 86.8 Å². The van der Waals surface area contributed by atoms with Gasteiger partial charge in [-0.25, -0.2) is 9.78 Å². The summed E-state index contributed by atoms with van der Waals surface area (Å²) < 4.78 is 15.2. The number of aromatic nitrogens is 1. The zero-order valence-electron chi connectivity index (χ0n) is 13.3. The fourth-order valence-corrected chi connectivity index (χ4v) is 2.36. The van der Waals surface area contributed by atoms with Crippen molar-refractivity contribution in [3.63, 3.8) is 0 Å². The first kappa shape index (κ1) is 18.8. The SMILES string of the molecule is COc1cccc(C(=O)OCC(=O)Nc2ncc(Cl)cc2Cl)c1OC. The molecule has 25 heavy (non-hydrogen) atoms. The number of esters is 1. The third-order valence-electron chi connectivity index (χ3n) is 3.02. The van der Waals surface area contributed by atoms with Crippen molar-refractivity contribution in [1.82, 2.24) is 4.98 Å². The van der Waals surface area contributed by atoms with Gasteiger partial charge in [-0.05, 0) is 18.2 Å². The summed E-state index contributed by atoms with van der Waals surface area (Å²) in [6.07, 6.45) is 1.33. The van der Waals surface area contributed by atoms with E-state index in [0.717, 1.165) is 0 Å². The Balaban J connectivity index is 2.01. The Hall–Kier alpha value is -2.51. The van der Waals surface area contributed by atoms with Crippen molar-refractivity contribution in [2.24, 2.45) is 0 Å². The maximum absolute atomic E-state index is 12.2. The van der Waals surface area contributed by atoms with Crippen LogP contribution >= 0.6 is 23.2 Å². The average molecular weight is 385 g/mol. The Labute approximate surface area is 153 Å². The molecule has 0 aliphatic carbocycles. The lowest BCUT2D eigenvalue weighted by Gasteiger charge is -2.12. The molecule has 1 amide bonds. The minimum atomic E-state index is -0.735. The normalized spacial score (nSPS) is 10.1. The van der Waals surface area contributed by atoms with Gasteiger partial charge in [0.1, 0.15) is 5.56 Å². The van der Waals surface area contributed by atoms with Gasteiger partial charge < -0.3 is 19.5 Å². The highest BCUT2D eigenvalue weighted by atomic mass is 35.5. The smallest absolute Gasteiger partial charge is 0.342 e. The number of methoxy groups -OCH3 is 2. The summed E-state index contributed by atoms with van der Waals surface area (Å²) in [6.45, 7) is -0.528. The van der Waals surface area contributed by atoms with Crippen molar-refractivity contribution in [3.05, 3.63) is 46.1 Å². The molecule has 0 radical (unpaired) electrons. The third-order valence-corrected chi connectivity index (χ3v) is 3.52. The summed E-state index contributed by atoms with van der Waals surface area (Å²) in [6, 6.07) is 6.17. The summed E-state index contributed by atoms with van der Waals surface area (Å²) in [5.41, 5.74) is 0.136. The molecular weight excluding hydrogens is 371 g/mol. The van der Waals surface area contributed by atoms with Crippen molar-refractivity contribution >= 4 is 40.9 Å². The Morgan fingerprint density at radius 2 is 1.96 bits per heavy atom. The van der Waals surface area contributed by atoms with Gasteiger partial charge in [-0.1, -0.05) is 29.3 Å². The molecule has 132 valence electrons. The molecule has 1 aromatic heterocycles. The van der Waals surface area contributed by atoms with E-state index >= 15 is 0 Å². The quantitative estimate of drug-likeness (QED) is 0.769. The van der Waals surface area contributed by atoms with Crippen LogP contribution < -0.4 is 14.8 Å². The molecule has 1 aromatic carbocycles. The zero-order chi connectivity index (χ0) is 18.4. The number of pyridine rings is 1. The molecule has 7 nitrogen and oxygen atoms in total. The van der Waals surface area contributed by atoms with Gasteiger partial charge in [0.25, 0.3) is 5.91 Å². The zero-order valence-corrected chi connectivity index (χ0v) is 14.9. The van der Waals surface area contributed by atoms with Gasteiger partial charge in [-0.3, -0.25) is 4.79 Å². The van der Waals surface area contributed by atoms with Gasteiger partial charge in [-0.15, -0.1) is 0 Å². The van der Waals surface area contributed by atoms with Crippen LogP contribution in [0.5, 0.6) is 11.5 Å². The molecule has 0 atom stereocenters. The molecule has 1 heterocycles. The van der Waals surface area contributed by atoms with Crippen LogP contribution in [0.1, 0.15) is 10.4 Å². The number of ether oxygens (including phenoxy) is 3. The number of hydrogen-bond donors (Lipinski definition) is 1. The van der Waals surface area contributed by atoms with Gasteiger partial charge in [0.15, 0.2) is 23.9 Å². The Bertz CT molecular complexity index is 798. The average Bonchev–Trinajstić information content (AvgIpc) is 2.61. The Morgan fingerprint density at radius 3 is 2.60 bits per heavy atom. The molecule has 1 N–H and O–H groups in total. The first-order valence-electron chi connectivity index (χ1n) is 6.95. The van der Waals surface area contributed by atoms with Crippen molar-refractivity contribution in [3.8, 4) is 11.5 Å². The summed E-state index contributed by atoms with van der Waals surface area (Å²) in [7, 11) is 2.85. The lowest BCUT2D eigenvalue weighted by atomic mass is 10.2. The number of carbonyl (C=O) groups is 2. The highest BCUT2D eigenvalue weighted by Crippen LogP contribution is 2.31. The van der Waals surface area contributed by atoms with E-state index in [-0.39, 0.29) is 22.2 Å². The molecule has 0 bridgehead atoms. The summed E-state index contributed by atoms with van der Waals surface area (Å²) in [5, 5.41) is 2.92. The molecule has 2 rings (SSSR count). The van der Waals surface area contributed by atoms with Crippen LogP contribution in [0, 0.1) is 0 Å².